The summed E-state index contributed by atoms with van der Waals surface area (Å²) < 4.78 is 0. The molecule has 0 aromatic carbocycles. The first-order valence-electron chi connectivity index (χ1n) is 5.55. The van der Waals surface area contributed by atoms with Crippen LogP contribution >= 0.6 is 0 Å². The molecule has 78 valence electrons. The van der Waals surface area contributed by atoms with Crippen molar-refractivity contribution in [2.75, 3.05) is 26.2 Å². The third-order valence-electron chi connectivity index (χ3n) is 2.95. The van der Waals surface area contributed by atoms with Gasteiger partial charge >= 0.3 is 0 Å². The van der Waals surface area contributed by atoms with Crippen LogP contribution in [0.4, 0.5) is 0 Å². The summed E-state index contributed by atoms with van der Waals surface area (Å²) in [5.74, 6) is 1.71. The average Bonchev–Trinajstić information content (AvgIpc) is 2.23. The number of nitrogens with zero attached hydrogens (tertiary/aromatic N) is 1. The monoisotopic (exact) mass is 185 g/mol. The lowest BCUT2D eigenvalue weighted by Crippen LogP contribution is -2.29. The maximum Gasteiger partial charge on any atom is 0.0443 e. The zero-order valence-electron chi connectivity index (χ0n) is 9.00. The van der Waals surface area contributed by atoms with Crippen LogP contribution in [0.3, 0.4) is 0 Å². The highest BCUT2D eigenvalue weighted by Gasteiger charge is 2.18. The molecule has 1 rings (SSSR count). The standard InChI is InChI=1S/C11H23NO/c1-10-4-6-12(5-3-7-13)9-11(2)8-10/h10-11,13H,3-9H2,1-2H3. The van der Waals surface area contributed by atoms with E-state index in [0.717, 1.165) is 24.8 Å². The summed E-state index contributed by atoms with van der Waals surface area (Å²) in [5, 5.41) is 8.76. The summed E-state index contributed by atoms with van der Waals surface area (Å²) >= 11 is 0. The van der Waals surface area contributed by atoms with Gasteiger partial charge in [-0.25, -0.2) is 0 Å². The van der Waals surface area contributed by atoms with Crippen molar-refractivity contribution in [1.29, 1.82) is 0 Å². The minimum atomic E-state index is 0.334. The van der Waals surface area contributed by atoms with Gasteiger partial charge < -0.3 is 10.0 Å². The Morgan fingerprint density at radius 2 is 2.08 bits per heavy atom. The topological polar surface area (TPSA) is 23.5 Å². The van der Waals surface area contributed by atoms with E-state index in [1.54, 1.807) is 0 Å². The molecule has 1 aliphatic rings. The van der Waals surface area contributed by atoms with Crippen LogP contribution in [-0.2, 0) is 0 Å². The van der Waals surface area contributed by atoms with Gasteiger partial charge in [0.05, 0.1) is 0 Å². The fourth-order valence-electron chi connectivity index (χ4n) is 2.31. The molecule has 1 fully saturated rings. The molecule has 2 unspecified atom stereocenters. The van der Waals surface area contributed by atoms with Crippen molar-refractivity contribution >= 4 is 0 Å². The Labute approximate surface area is 81.9 Å². The molecular weight excluding hydrogens is 162 g/mol. The Bertz CT molecular complexity index is 138. The van der Waals surface area contributed by atoms with E-state index in [4.69, 9.17) is 5.11 Å². The molecule has 1 heterocycles. The minimum Gasteiger partial charge on any atom is -0.396 e. The number of rotatable bonds is 3. The van der Waals surface area contributed by atoms with E-state index in [9.17, 15) is 0 Å². The van der Waals surface area contributed by atoms with E-state index in [0.29, 0.717) is 6.61 Å². The van der Waals surface area contributed by atoms with Crippen LogP contribution in [0.25, 0.3) is 0 Å². The molecule has 2 heteroatoms. The SMILES string of the molecule is CC1CCN(CCCO)CC(C)C1. The minimum absolute atomic E-state index is 0.334. The van der Waals surface area contributed by atoms with E-state index < -0.39 is 0 Å². The summed E-state index contributed by atoms with van der Waals surface area (Å²) in [6.45, 7) is 8.56. The second-order valence-electron chi connectivity index (χ2n) is 4.61. The third kappa shape index (κ3) is 4.10. The molecule has 0 aromatic rings. The molecule has 2 atom stereocenters. The van der Waals surface area contributed by atoms with Crippen molar-refractivity contribution in [2.24, 2.45) is 11.8 Å². The second-order valence-corrected chi connectivity index (χ2v) is 4.61. The summed E-state index contributed by atoms with van der Waals surface area (Å²) in [6, 6.07) is 0. The number of likely N-dealkylation sites (tertiary alicyclic amines) is 1. The van der Waals surface area contributed by atoms with E-state index >= 15 is 0 Å². The Kier molecular flexibility index (Phi) is 4.74. The van der Waals surface area contributed by atoms with E-state index in [-0.39, 0.29) is 0 Å². The first-order chi connectivity index (χ1) is 6.22. The van der Waals surface area contributed by atoms with Crippen LogP contribution in [0, 0.1) is 11.8 Å². The lowest BCUT2D eigenvalue weighted by molar-refractivity contribution is 0.215. The number of hydrogen-bond donors (Lipinski definition) is 1. The summed E-state index contributed by atoms with van der Waals surface area (Å²) in [7, 11) is 0. The van der Waals surface area contributed by atoms with E-state index in [2.05, 4.69) is 18.7 Å². The van der Waals surface area contributed by atoms with Crippen LogP contribution in [0.1, 0.15) is 33.1 Å². The average molecular weight is 185 g/mol. The highest BCUT2D eigenvalue weighted by molar-refractivity contribution is 4.71. The van der Waals surface area contributed by atoms with Crippen molar-refractivity contribution in [3.05, 3.63) is 0 Å². The first kappa shape index (κ1) is 11.0. The largest absolute Gasteiger partial charge is 0.396 e. The Morgan fingerprint density at radius 3 is 2.77 bits per heavy atom. The normalized spacial score (nSPS) is 31.6. The predicted octanol–water partition coefficient (Wildman–Crippen LogP) is 1.74. The molecule has 0 radical (unpaired) electrons. The maximum absolute atomic E-state index is 8.76. The fraction of sp³-hybridized carbons (Fsp3) is 1.00. The first-order valence-corrected chi connectivity index (χ1v) is 5.55. The highest BCUT2D eigenvalue weighted by Crippen LogP contribution is 2.21. The molecule has 0 aliphatic carbocycles. The van der Waals surface area contributed by atoms with Crippen molar-refractivity contribution in [3.63, 3.8) is 0 Å². The number of aliphatic hydroxyl groups is 1. The van der Waals surface area contributed by atoms with Gasteiger partial charge in [-0.15, -0.1) is 0 Å². The summed E-state index contributed by atoms with van der Waals surface area (Å²) in [6.07, 6.45) is 3.63. The Balaban J connectivity index is 2.30. The molecular formula is C11H23NO. The summed E-state index contributed by atoms with van der Waals surface area (Å²) in [4.78, 5) is 2.50. The van der Waals surface area contributed by atoms with Crippen LogP contribution in [0.15, 0.2) is 0 Å². The van der Waals surface area contributed by atoms with Crippen LogP contribution in [0.5, 0.6) is 0 Å². The van der Waals surface area contributed by atoms with Gasteiger partial charge in [-0.2, -0.15) is 0 Å². The number of hydrogen-bond acceptors (Lipinski definition) is 2. The molecule has 0 spiro atoms. The molecule has 1 N–H and O–H groups in total. The van der Waals surface area contributed by atoms with Crippen molar-refractivity contribution < 1.29 is 5.11 Å². The Morgan fingerprint density at radius 1 is 1.31 bits per heavy atom. The van der Waals surface area contributed by atoms with Gasteiger partial charge in [0.2, 0.25) is 0 Å². The molecule has 1 aliphatic heterocycles. The lowest BCUT2D eigenvalue weighted by Gasteiger charge is -2.21. The van der Waals surface area contributed by atoms with Crippen LogP contribution < -0.4 is 0 Å². The molecule has 0 aromatic heterocycles. The zero-order valence-corrected chi connectivity index (χ0v) is 9.00. The second kappa shape index (κ2) is 5.61. The molecule has 1 saturated heterocycles. The highest BCUT2D eigenvalue weighted by atomic mass is 16.3. The fourth-order valence-corrected chi connectivity index (χ4v) is 2.31. The van der Waals surface area contributed by atoms with E-state index in [1.165, 1.54) is 25.9 Å². The van der Waals surface area contributed by atoms with Crippen molar-refractivity contribution in [1.82, 2.24) is 4.90 Å². The van der Waals surface area contributed by atoms with E-state index in [1.807, 2.05) is 0 Å². The molecule has 0 saturated carbocycles. The summed E-state index contributed by atoms with van der Waals surface area (Å²) in [5.41, 5.74) is 0. The molecule has 13 heavy (non-hydrogen) atoms. The lowest BCUT2D eigenvalue weighted by atomic mass is 9.97. The van der Waals surface area contributed by atoms with Gasteiger partial charge in [-0.1, -0.05) is 13.8 Å². The quantitative estimate of drug-likeness (QED) is 0.724. The smallest absolute Gasteiger partial charge is 0.0443 e. The van der Waals surface area contributed by atoms with Crippen LogP contribution in [0.2, 0.25) is 0 Å². The molecule has 0 bridgehead atoms. The van der Waals surface area contributed by atoms with Gasteiger partial charge in [0.15, 0.2) is 0 Å². The van der Waals surface area contributed by atoms with Gasteiger partial charge in [0.1, 0.15) is 0 Å². The van der Waals surface area contributed by atoms with Crippen molar-refractivity contribution in [3.8, 4) is 0 Å². The van der Waals surface area contributed by atoms with Crippen LogP contribution in [-0.4, -0.2) is 36.2 Å². The van der Waals surface area contributed by atoms with Gasteiger partial charge in [-0.3, -0.25) is 0 Å². The Hall–Kier alpha value is -0.0800. The van der Waals surface area contributed by atoms with Gasteiger partial charge in [-0.05, 0) is 37.6 Å². The van der Waals surface area contributed by atoms with Gasteiger partial charge in [0.25, 0.3) is 0 Å². The predicted molar refractivity (Wildman–Crippen MR) is 55.7 cm³/mol. The molecule has 0 amide bonds. The van der Waals surface area contributed by atoms with Gasteiger partial charge in [0, 0.05) is 19.7 Å². The molecule has 2 nitrogen and oxygen atoms in total. The maximum atomic E-state index is 8.76. The van der Waals surface area contributed by atoms with Crippen molar-refractivity contribution in [2.45, 2.75) is 33.1 Å². The zero-order chi connectivity index (χ0) is 9.68. The third-order valence-corrected chi connectivity index (χ3v) is 2.95. The number of aliphatic hydroxyl groups excluding tert-OH is 1.